The number of pyridine rings is 1. The molecule has 20 heavy (non-hydrogen) atoms. The van der Waals surface area contributed by atoms with Crippen molar-refractivity contribution in [2.45, 2.75) is 13.5 Å². The third-order valence-corrected chi connectivity index (χ3v) is 3.74. The van der Waals surface area contributed by atoms with Crippen LogP contribution in [0.1, 0.15) is 11.1 Å². The van der Waals surface area contributed by atoms with Gasteiger partial charge in [0.05, 0.1) is 11.5 Å². The zero-order valence-electron chi connectivity index (χ0n) is 10.5. The molecule has 0 N–H and O–H groups in total. The number of halogens is 2. The molecule has 2 rings (SSSR count). The van der Waals surface area contributed by atoms with Crippen LogP contribution in [-0.4, -0.2) is 9.49 Å². The molecule has 5 nitrogen and oxygen atoms in total. The summed E-state index contributed by atoms with van der Waals surface area (Å²) in [7, 11) is 0. The number of nitrogens with zero attached hydrogens (tertiary/aromatic N) is 2. The van der Waals surface area contributed by atoms with Gasteiger partial charge in [-0.25, -0.2) is 0 Å². The summed E-state index contributed by atoms with van der Waals surface area (Å²) in [4.78, 5) is 22.7. The van der Waals surface area contributed by atoms with Crippen molar-refractivity contribution >= 4 is 37.5 Å². The molecular formula is C13H10Br2N2O3. The molecular weight excluding hydrogens is 392 g/mol. The molecule has 0 amide bonds. The Labute approximate surface area is 131 Å². The lowest BCUT2D eigenvalue weighted by atomic mass is 10.1. The number of aryl methyl sites for hydroxylation is 1. The predicted octanol–water partition coefficient (Wildman–Crippen LogP) is 3.64. The van der Waals surface area contributed by atoms with Gasteiger partial charge in [0, 0.05) is 32.3 Å². The number of nitro benzene ring substituents is 1. The summed E-state index contributed by atoms with van der Waals surface area (Å²) in [6.07, 6.45) is 1.63. The van der Waals surface area contributed by atoms with Gasteiger partial charge >= 0.3 is 0 Å². The van der Waals surface area contributed by atoms with Crippen LogP contribution in [0, 0.1) is 17.0 Å². The first-order chi connectivity index (χ1) is 9.38. The minimum Gasteiger partial charge on any atom is -0.309 e. The van der Waals surface area contributed by atoms with Crippen molar-refractivity contribution in [3.05, 3.63) is 71.0 Å². The van der Waals surface area contributed by atoms with Crippen molar-refractivity contribution in [2.24, 2.45) is 0 Å². The molecule has 0 unspecified atom stereocenters. The Bertz CT molecular complexity index is 741. The van der Waals surface area contributed by atoms with Gasteiger partial charge in [-0.05, 0) is 41.1 Å². The van der Waals surface area contributed by atoms with Crippen LogP contribution in [0.4, 0.5) is 5.69 Å². The molecule has 0 aliphatic carbocycles. The molecule has 0 spiro atoms. The maximum atomic E-state index is 12.0. The molecule has 104 valence electrons. The molecule has 2 aromatic rings. The van der Waals surface area contributed by atoms with Crippen LogP contribution in [0.2, 0.25) is 0 Å². The van der Waals surface area contributed by atoms with Crippen molar-refractivity contribution in [3.63, 3.8) is 0 Å². The first-order valence-electron chi connectivity index (χ1n) is 5.68. The maximum absolute atomic E-state index is 12.0. The fourth-order valence-corrected chi connectivity index (χ4v) is 2.82. The summed E-state index contributed by atoms with van der Waals surface area (Å²) < 4.78 is 2.84. The number of aromatic nitrogens is 1. The molecule has 1 aromatic heterocycles. The number of benzene rings is 1. The van der Waals surface area contributed by atoms with E-state index in [9.17, 15) is 14.9 Å². The quantitative estimate of drug-likeness (QED) is 0.582. The molecule has 0 radical (unpaired) electrons. The summed E-state index contributed by atoms with van der Waals surface area (Å²) in [6.45, 7) is 1.86. The van der Waals surface area contributed by atoms with Gasteiger partial charge in [-0.3, -0.25) is 14.9 Å². The van der Waals surface area contributed by atoms with Crippen molar-refractivity contribution in [2.75, 3.05) is 0 Å². The lowest BCUT2D eigenvalue weighted by Gasteiger charge is -2.08. The lowest BCUT2D eigenvalue weighted by molar-refractivity contribution is -0.385. The van der Waals surface area contributed by atoms with E-state index < -0.39 is 4.92 Å². The van der Waals surface area contributed by atoms with Crippen molar-refractivity contribution in [3.8, 4) is 0 Å². The molecule has 0 saturated carbocycles. The fourth-order valence-electron chi connectivity index (χ4n) is 1.88. The van der Waals surface area contributed by atoms with E-state index in [1.807, 2.05) is 0 Å². The van der Waals surface area contributed by atoms with E-state index in [4.69, 9.17) is 0 Å². The maximum Gasteiger partial charge on any atom is 0.275 e. The van der Waals surface area contributed by atoms with E-state index in [2.05, 4.69) is 31.9 Å². The highest BCUT2D eigenvalue weighted by Crippen LogP contribution is 2.24. The molecule has 1 aromatic carbocycles. The van der Waals surface area contributed by atoms with Crippen LogP contribution in [-0.2, 0) is 6.54 Å². The fraction of sp³-hybridized carbons (Fsp3) is 0.154. The molecule has 0 saturated heterocycles. The van der Waals surface area contributed by atoms with Crippen LogP contribution in [0.3, 0.4) is 0 Å². The van der Waals surface area contributed by atoms with Crippen LogP contribution < -0.4 is 5.56 Å². The van der Waals surface area contributed by atoms with Gasteiger partial charge < -0.3 is 4.57 Å². The topological polar surface area (TPSA) is 65.1 Å². The van der Waals surface area contributed by atoms with Gasteiger partial charge in [-0.2, -0.15) is 0 Å². The molecule has 0 bridgehead atoms. The van der Waals surface area contributed by atoms with Crippen LogP contribution in [0.25, 0.3) is 0 Å². The minimum atomic E-state index is -0.448. The first kappa shape index (κ1) is 14.9. The molecule has 0 aliphatic rings. The van der Waals surface area contributed by atoms with E-state index in [-0.39, 0.29) is 17.8 Å². The monoisotopic (exact) mass is 400 g/mol. The second kappa shape index (κ2) is 5.88. The van der Waals surface area contributed by atoms with Gasteiger partial charge in [0.15, 0.2) is 0 Å². The summed E-state index contributed by atoms with van der Waals surface area (Å²) in [5.74, 6) is 0. The average molecular weight is 402 g/mol. The average Bonchev–Trinajstić information content (AvgIpc) is 2.37. The Morgan fingerprint density at radius 2 is 1.95 bits per heavy atom. The Kier molecular flexibility index (Phi) is 4.39. The highest BCUT2D eigenvalue weighted by molar-refractivity contribution is 9.10. The van der Waals surface area contributed by atoms with Crippen LogP contribution >= 0.6 is 31.9 Å². The zero-order chi connectivity index (χ0) is 14.9. The van der Waals surface area contributed by atoms with Gasteiger partial charge in [-0.15, -0.1) is 0 Å². The summed E-state index contributed by atoms with van der Waals surface area (Å²) in [6, 6.07) is 6.52. The second-order valence-electron chi connectivity index (χ2n) is 4.30. The molecule has 0 atom stereocenters. The normalized spacial score (nSPS) is 10.6. The number of rotatable bonds is 3. The predicted molar refractivity (Wildman–Crippen MR) is 83.0 cm³/mol. The van der Waals surface area contributed by atoms with E-state index in [1.165, 1.54) is 10.6 Å². The van der Waals surface area contributed by atoms with Crippen LogP contribution in [0.5, 0.6) is 0 Å². The van der Waals surface area contributed by atoms with E-state index in [1.54, 1.807) is 31.3 Å². The lowest BCUT2D eigenvalue weighted by Crippen LogP contribution is -2.22. The molecule has 0 aliphatic heterocycles. The van der Waals surface area contributed by atoms with Crippen LogP contribution in [0.15, 0.2) is 44.2 Å². The Balaban J connectivity index is 2.50. The summed E-state index contributed by atoms with van der Waals surface area (Å²) in [5, 5.41) is 11.1. The number of hydrogen-bond donors (Lipinski definition) is 0. The third kappa shape index (κ3) is 3.16. The molecule has 7 heteroatoms. The second-order valence-corrected chi connectivity index (χ2v) is 6.14. The summed E-state index contributed by atoms with van der Waals surface area (Å²) in [5.41, 5.74) is 0.895. The summed E-state index contributed by atoms with van der Waals surface area (Å²) >= 11 is 6.53. The van der Waals surface area contributed by atoms with Gasteiger partial charge in [0.1, 0.15) is 0 Å². The minimum absolute atomic E-state index is 0.0103. The molecule has 0 fully saturated rings. The van der Waals surface area contributed by atoms with Gasteiger partial charge in [-0.1, -0.05) is 15.9 Å². The first-order valence-corrected chi connectivity index (χ1v) is 7.26. The number of hydrogen-bond acceptors (Lipinski definition) is 3. The standard InChI is InChI=1S/C13H10Br2N2O3/c1-8-4-11(15)7-16(13(8)18)6-9-2-3-10(14)5-12(9)17(19)20/h2-5,7H,6H2,1H3. The zero-order valence-corrected chi connectivity index (χ0v) is 13.6. The Morgan fingerprint density at radius 1 is 1.25 bits per heavy atom. The van der Waals surface area contributed by atoms with E-state index in [0.29, 0.717) is 15.6 Å². The number of nitro groups is 1. The highest BCUT2D eigenvalue weighted by atomic mass is 79.9. The molecule has 1 heterocycles. The van der Waals surface area contributed by atoms with Crippen molar-refractivity contribution in [1.82, 2.24) is 4.57 Å². The van der Waals surface area contributed by atoms with Gasteiger partial charge in [0.25, 0.3) is 11.2 Å². The van der Waals surface area contributed by atoms with Crippen molar-refractivity contribution < 1.29 is 4.92 Å². The van der Waals surface area contributed by atoms with E-state index in [0.717, 1.165) is 4.47 Å². The van der Waals surface area contributed by atoms with Gasteiger partial charge in [0.2, 0.25) is 0 Å². The SMILES string of the molecule is Cc1cc(Br)cn(Cc2ccc(Br)cc2[N+](=O)[O-])c1=O. The Morgan fingerprint density at radius 3 is 2.60 bits per heavy atom. The third-order valence-electron chi connectivity index (χ3n) is 2.82. The largest absolute Gasteiger partial charge is 0.309 e. The highest BCUT2D eigenvalue weighted by Gasteiger charge is 2.15. The Hall–Kier alpha value is -1.47. The van der Waals surface area contributed by atoms with E-state index >= 15 is 0 Å². The smallest absolute Gasteiger partial charge is 0.275 e. The van der Waals surface area contributed by atoms with Crippen molar-refractivity contribution in [1.29, 1.82) is 0 Å².